The second-order valence-electron chi connectivity index (χ2n) is 0.544. The summed E-state index contributed by atoms with van der Waals surface area (Å²) in [6.07, 6.45) is 0.889. The van der Waals surface area contributed by atoms with Crippen molar-refractivity contribution in [2.45, 2.75) is 6.92 Å². The fraction of sp³-hybridized carbons (Fsp3) is 0.500. The van der Waals surface area contributed by atoms with E-state index in [1.807, 2.05) is 0 Å². The van der Waals surface area contributed by atoms with Gasteiger partial charge in [0.1, 0.15) is 0 Å². The van der Waals surface area contributed by atoms with Gasteiger partial charge in [-0.2, -0.15) is 4.90 Å². The average Bonchev–Trinajstić information content (AvgIpc) is 1.38. The van der Waals surface area contributed by atoms with Crippen LogP contribution in [-0.2, 0) is 17.1 Å². The zero-order valence-electron chi connectivity index (χ0n) is 4.72. The zero-order valence-corrected chi connectivity index (χ0v) is 5.66. The van der Waals surface area contributed by atoms with Crippen molar-refractivity contribution in [3.8, 4) is 0 Å². The Morgan fingerprint density at radius 3 is 1.33 bits per heavy atom. The molecule has 0 atom stereocenters. The number of hydrogen-bond donors (Lipinski definition) is 0. The van der Waals surface area contributed by atoms with Crippen molar-refractivity contribution in [2.24, 2.45) is 0 Å². The van der Waals surface area contributed by atoms with Gasteiger partial charge in [0.05, 0.1) is 0 Å². The molecular weight excluding hydrogens is 180 g/mol. The molecule has 1 radical (unpaired) electrons. The van der Waals surface area contributed by atoms with E-state index < -0.39 is 4.90 Å². The maximum absolute atomic E-state index is 9.12. The van der Waals surface area contributed by atoms with Gasteiger partial charge >= 0.3 is 17.1 Å². The minimum Gasteiger partial charge on any atom is -0.693 e. The summed E-state index contributed by atoms with van der Waals surface area (Å²) in [6, 6.07) is 0. The van der Waals surface area contributed by atoms with E-state index >= 15 is 0 Å². The van der Waals surface area contributed by atoms with Gasteiger partial charge in [-0.25, -0.2) is 0 Å². The van der Waals surface area contributed by atoms with Crippen LogP contribution in [0, 0.1) is 10.4 Å². The third-order valence-electron chi connectivity index (χ3n) is 0.211. The molecule has 0 aliphatic carbocycles. The molecule has 9 heavy (non-hydrogen) atoms. The van der Waals surface area contributed by atoms with Crippen molar-refractivity contribution >= 4 is 6.21 Å². The van der Waals surface area contributed by atoms with Crippen molar-refractivity contribution < 1.29 is 32.9 Å². The number of nitrogens with zero attached hydrogens (tertiary/aromatic N) is 1. The van der Waals surface area contributed by atoms with Crippen LogP contribution in [0.1, 0.15) is 6.92 Å². The molecule has 0 spiro atoms. The van der Waals surface area contributed by atoms with Crippen molar-refractivity contribution in [3.05, 3.63) is 16.6 Å². The van der Waals surface area contributed by atoms with Crippen LogP contribution in [0.2, 0.25) is 0 Å². The molecule has 6 nitrogen and oxygen atoms in total. The van der Waals surface area contributed by atoms with E-state index in [0.717, 1.165) is 6.21 Å². The summed E-state index contributed by atoms with van der Waals surface area (Å²) in [6.45, 7) is 1.38. The molecule has 63 valence electrons. The Hall–Kier alpha value is -0.331. The second-order valence-corrected chi connectivity index (χ2v) is 0.544. The van der Waals surface area contributed by atoms with E-state index in [4.69, 9.17) is 10.4 Å². The zero-order chi connectivity index (χ0) is 4.28. The monoisotopic (exact) mass is 189 g/mol. The third-order valence-corrected chi connectivity index (χ3v) is 0.211. The maximum Gasteiger partial charge on any atom is 2.00 e. The summed E-state index contributed by atoms with van der Waals surface area (Å²) in [5, 5.41) is 18.2. The standard InChI is InChI=1S/C2H4NO2.Cu.H2N.2H2O/c1-2-3(4)5;;;;/h2H,1H3;;3*1H2/q-1;+2;-1;;. The molecule has 0 heterocycles. The largest absolute Gasteiger partial charge is 2.00 e. The van der Waals surface area contributed by atoms with Gasteiger partial charge in [0, 0.05) is 6.92 Å². The van der Waals surface area contributed by atoms with E-state index in [1.165, 1.54) is 6.92 Å². The molecule has 0 unspecified atom stereocenters. The van der Waals surface area contributed by atoms with E-state index in [1.54, 1.807) is 0 Å². The Bertz CT molecular complexity index is 54.5. The predicted octanol–water partition coefficient (Wildman–Crippen LogP) is -0.850. The Morgan fingerprint density at radius 2 is 1.33 bits per heavy atom. The first-order chi connectivity index (χ1) is 2.27. The van der Waals surface area contributed by atoms with Crippen molar-refractivity contribution in [3.63, 3.8) is 0 Å². The molecule has 0 aliphatic rings. The summed E-state index contributed by atoms with van der Waals surface area (Å²) in [5.41, 5.74) is 0. The van der Waals surface area contributed by atoms with Gasteiger partial charge in [-0.05, 0) is 0 Å². The minimum atomic E-state index is -0.500. The Morgan fingerprint density at radius 1 is 1.22 bits per heavy atom. The Balaban J connectivity index is -0.0000000133. The van der Waals surface area contributed by atoms with Crippen LogP contribution in [0.15, 0.2) is 0 Å². The molecular formula is C2H10CuN2O4. The molecule has 0 aromatic rings. The third kappa shape index (κ3) is 88.4. The predicted molar refractivity (Wildman–Crippen MR) is 31.2 cm³/mol. The summed E-state index contributed by atoms with van der Waals surface area (Å²) in [4.78, 5) is -0.500. The molecule has 0 aromatic carbocycles. The molecule has 0 aliphatic heterocycles. The molecule has 0 rings (SSSR count). The van der Waals surface area contributed by atoms with E-state index in [0.29, 0.717) is 0 Å². The van der Waals surface area contributed by atoms with Crippen LogP contribution in [0.3, 0.4) is 0 Å². The molecule has 0 bridgehead atoms. The first-order valence-corrected chi connectivity index (χ1v) is 1.20. The van der Waals surface area contributed by atoms with Gasteiger partial charge in [0.2, 0.25) is 0 Å². The maximum atomic E-state index is 9.12. The van der Waals surface area contributed by atoms with Crippen LogP contribution in [-0.4, -0.2) is 22.1 Å². The molecule has 6 N–H and O–H groups in total. The fourth-order valence-electron chi connectivity index (χ4n) is 0. The summed E-state index contributed by atoms with van der Waals surface area (Å²) >= 11 is 0. The van der Waals surface area contributed by atoms with Gasteiger partial charge in [0.15, 0.2) is 6.21 Å². The van der Waals surface area contributed by atoms with Crippen molar-refractivity contribution in [1.82, 2.24) is 0 Å². The topological polar surface area (TPSA) is 146 Å². The smallest absolute Gasteiger partial charge is 0.693 e. The van der Waals surface area contributed by atoms with Crippen LogP contribution in [0.25, 0.3) is 6.15 Å². The quantitative estimate of drug-likeness (QED) is 0.211. The van der Waals surface area contributed by atoms with Gasteiger partial charge < -0.3 is 27.5 Å². The van der Waals surface area contributed by atoms with Crippen LogP contribution in [0.5, 0.6) is 0 Å². The van der Waals surface area contributed by atoms with Gasteiger partial charge in [-0.15, -0.1) is 0 Å². The normalized spacial score (nSPS) is 3.67. The average molecular weight is 190 g/mol. The van der Waals surface area contributed by atoms with Crippen LogP contribution >= 0.6 is 0 Å². The summed E-state index contributed by atoms with van der Waals surface area (Å²) in [5.74, 6) is 0. The van der Waals surface area contributed by atoms with Gasteiger partial charge in [-0.1, -0.05) is 0 Å². The molecule has 0 amide bonds. The SMILES string of the molecule is CC=[N+]([O-])[O-].O.O.[Cu+2].[NH2-]. The minimum absolute atomic E-state index is 0. The van der Waals surface area contributed by atoms with E-state index in [2.05, 4.69) is 0 Å². The van der Waals surface area contributed by atoms with Gasteiger partial charge in [-0.3, -0.25) is 0 Å². The van der Waals surface area contributed by atoms with Gasteiger partial charge in [0.25, 0.3) is 0 Å². The van der Waals surface area contributed by atoms with Crippen molar-refractivity contribution in [1.29, 1.82) is 0 Å². The number of rotatable bonds is 0. The molecule has 7 heteroatoms. The van der Waals surface area contributed by atoms with E-state index in [-0.39, 0.29) is 34.2 Å². The van der Waals surface area contributed by atoms with Crippen molar-refractivity contribution in [2.75, 3.05) is 0 Å². The first-order valence-electron chi connectivity index (χ1n) is 1.20. The molecule has 0 fully saturated rings. The Kier molecular flexibility index (Phi) is 107. The van der Waals surface area contributed by atoms with E-state index in [9.17, 15) is 0 Å². The fourth-order valence-corrected chi connectivity index (χ4v) is 0. The first kappa shape index (κ1) is 37.9. The Labute approximate surface area is 63.4 Å². The second kappa shape index (κ2) is 25.3. The summed E-state index contributed by atoms with van der Waals surface area (Å²) in [7, 11) is 0. The molecule has 0 saturated carbocycles. The van der Waals surface area contributed by atoms with Crippen LogP contribution in [0.4, 0.5) is 0 Å². The summed E-state index contributed by atoms with van der Waals surface area (Å²) < 4.78 is 0. The molecule has 0 aromatic heterocycles. The van der Waals surface area contributed by atoms with Crippen LogP contribution < -0.4 is 0 Å². The molecule has 0 saturated heterocycles. The number of nitrogens with two attached hydrogens (primary N) is 1. The number of hydrogen-bond acceptors (Lipinski definition) is 2.